The van der Waals surface area contributed by atoms with E-state index in [1.807, 2.05) is 0 Å². The fourth-order valence-corrected chi connectivity index (χ4v) is 11.3. The zero-order valence-corrected chi connectivity index (χ0v) is 39.3. The molecule has 0 aliphatic heterocycles. The summed E-state index contributed by atoms with van der Waals surface area (Å²) in [5.74, 6) is -1.94. The summed E-state index contributed by atoms with van der Waals surface area (Å²) in [5.41, 5.74) is -3.16. The van der Waals surface area contributed by atoms with E-state index in [9.17, 15) is 49.1 Å². The van der Waals surface area contributed by atoms with Crippen molar-refractivity contribution < 1.29 is 67.5 Å². The van der Waals surface area contributed by atoms with Crippen molar-refractivity contribution in [3.63, 3.8) is 0 Å². The van der Waals surface area contributed by atoms with E-state index in [-0.39, 0.29) is 46.8 Å². The highest BCUT2D eigenvalue weighted by Crippen LogP contribution is 2.42. The minimum absolute atomic E-state index is 0.117. The van der Waals surface area contributed by atoms with Crippen LogP contribution >= 0.6 is 23.2 Å². The molecule has 0 radical (unpaired) electrons. The molecule has 0 N–H and O–H groups in total. The number of hydrogen-bond acceptors (Lipinski definition) is 13. The summed E-state index contributed by atoms with van der Waals surface area (Å²) in [6, 6.07) is 1.36. The van der Waals surface area contributed by atoms with Gasteiger partial charge in [-0.05, 0) is 101 Å². The number of ether oxygens (including phenoxy) is 2. The van der Waals surface area contributed by atoms with Gasteiger partial charge in [0.15, 0.2) is 0 Å². The Hall–Kier alpha value is -4.61. The number of rotatable bonds is 12. The van der Waals surface area contributed by atoms with Crippen LogP contribution in [-0.2, 0) is 43.4 Å². The summed E-state index contributed by atoms with van der Waals surface area (Å²) in [5, 5.41) is 14.4. The first kappa shape index (κ1) is 50.8. The van der Waals surface area contributed by atoms with Crippen molar-refractivity contribution in [1.29, 1.82) is 0 Å². The molecule has 25 heteroatoms. The number of anilines is 2. The van der Waals surface area contributed by atoms with E-state index in [0.29, 0.717) is 63.5 Å². The Morgan fingerprint density at radius 1 is 0.636 bits per heavy atom. The number of carbonyl (C=O) groups excluding carboxylic acids is 3. The molecule has 4 unspecified atom stereocenters. The Balaban J connectivity index is 1.07. The molecular weight excluding hydrogens is 970 g/mol. The summed E-state index contributed by atoms with van der Waals surface area (Å²) in [6.45, 7) is 6.41. The van der Waals surface area contributed by atoms with Crippen molar-refractivity contribution in [2.45, 2.75) is 125 Å². The molecule has 2 aromatic carbocycles. The molecule has 15 nitrogen and oxygen atoms in total. The summed E-state index contributed by atoms with van der Waals surface area (Å²) in [7, 11) is -4.42. The maximum atomic E-state index is 14.1. The minimum atomic E-state index is -4.89. The Kier molecular flexibility index (Phi) is 15.6. The van der Waals surface area contributed by atoms with Crippen LogP contribution in [0.3, 0.4) is 0 Å². The van der Waals surface area contributed by atoms with Crippen LogP contribution in [0.2, 0.25) is 10.0 Å². The van der Waals surface area contributed by atoms with Crippen LogP contribution < -0.4 is 9.80 Å². The third-order valence-electron chi connectivity index (χ3n) is 11.9. The van der Waals surface area contributed by atoms with E-state index < -0.39 is 107 Å². The molecule has 2 heterocycles. The molecule has 2 aliphatic carbocycles. The maximum absolute atomic E-state index is 14.1. The predicted octanol–water partition coefficient (Wildman–Crippen LogP) is 9.93. The lowest BCUT2D eigenvalue weighted by Crippen LogP contribution is -2.45. The zero-order valence-electron chi connectivity index (χ0n) is 36.1. The molecule has 2 fully saturated rings. The van der Waals surface area contributed by atoms with Gasteiger partial charge in [0.05, 0.1) is 63.7 Å². The van der Waals surface area contributed by atoms with Crippen LogP contribution in [0.25, 0.3) is 0 Å². The average molecular weight is 1010 g/mol. The third-order valence-corrected chi connectivity index (χ3v) is 14.9. The molecule has 2 saturated carbocycles. The van der Waals surface area contributed by atoms with E-state index in [1.54, 1.807) is 13.8 Å². The largest absolute Gasteiger partial charge is 0.508 e. The summed E-state index contributed by atoms with van der Waals surface area (Å²) < 4.78 is 130. The molecule has 2 aromatic heterocycles. The van der Waals surface area contributed by atoms with Gasteiger partial charge < -0.3 is 18.3 Å². The lowest BCUT2D eigenvalue weighted by molar-refractivity contribution is -0.140. The molecule has 66 heavy (non-hydrogen) atoms. The second-order valence-corrected chi connectivity index (χ2v) is 19.5. The topological polar surface area (TPSA) is 188 Å². The second-order valence-electron chi connectivity index (χ2n) is 16.1. The van der Waals surface area contributed by atoms with Crippen molar-refractivity contribution in [1.82, 2.24) is 20.4 Å². The number of aromatic nitrogens is 4. The van der Waals surface area contributed by atoms with Crippen molar-refractivity contribution in [3.8, 4) is 0 Å². The first-order valence-electron chi connectivity index (χ1n) is 20.5. The average Bonchev–Trinajstić information content (AvgIpc) is 3.87. The first-order valence-corrected chi connectivity index (χ1v) is 24.4. The van der Waals surface area contributed by atoms with Gasteiger partial charge in [-0.25, -0.2) is 4.79 Å². The van der Waals surface area contributed by atoms with E-state index in [2.05, 4.69) is 20.4 Å². The van der Waals surface area contributed by atoms with Gasteiger partial charge in [0.2, 0.25) is 11.8 Å². The fourth-order valence-electron chi connectivity index (χ4n) is 8.47. The fraction of sp³-hybridized carbons (Fsp3) is 0.537. The molecule has 0 spiro atoms. The van der Waals surface area contributed by atoms with Gasteiger partial charge in [-0.1, -0.05) is 33.4 Å². The van der Waals surface area contributed by atoms with Crippen LogP contribution in [-0.4, -0.2) is 83.6 Å². The van der Waals surface area contributed by atoms with E-state index in [0.717, 1.165) is 34.4 Å². The number of nitrogens with zero attached hydrogens (tertiary/aromatic N) is 6. The number of amides is 2. The highest BCUT2D eigenvalue weighted by molar-refractivity contribution is 7.84. The normalized spacial score (nSPS) is 21.1. The Morgan fingerprint density at radius 2 is 0.970 bits per heavy atom. The van der Waals surface area contributed by atoms with Crippen molar-refractivity contribution >= 4 is 74.8 Å². The number of alkyl halides is 6. The monoisotopic (exact) mass is 1010 g/mol. The van der Waals surface area contributed by atoms with Gasteiger partial charge in [0.1, 0.15) is 12.2 Å². The third kappa shape index (κ3) is 11.0. The Morgan fingerprint density at radius 3 is 1.24 bits per heavy atom. The van der Waals surface area contributed by atoms with Gasteiger partial charge in [-0.2, -0.15) is 26.3 Å². The van der Waals surface area contributed by atoms with Crippen LogP contribution in [0, 0.1) is 25.7 Å². The molecule has 2 amide bonds. The summed E-state index contributed by atoms with van der Waals surface area (Å²) in [6.07, 6.45) is -6.45. The standard InChI is InChI=1S/C41H44Cl2F6N6O9S2/c1-19(54(37-52-50-21(3)61-37)35(56)27-15-17-29(40(44,45)46)33(31(27)42)65(5)59)23-7-11-25(12-8-23)63-39(58)64-26-13-9-24(10-14-26)20(2)55(38-53-51-22(4)62-38)36(57)28-16-18-30(41(47,48)49)34(32(28)43)66(6)60/h15-20,23-26H,7-14H2,1-6H3. The molecule has 6 rings (SSSR count). The van der Waals surface area contributed by atoms with Crippen LogP contribution in [0.1, 0.15) is 109 Å². The van der Waals surface area contributed by atoms with Crippen LogP contribution in [0.15, 0.2) is 42.9 Å². The van der Waals surface area contributed by atoms with E-state index in [4.69, 9.17) is 41.5 Å². The summed E-state index contributed by atoms with van der Waals surface area (Å²) in [4.78, 5) is 42.1. The van der Waals surface area contributed by atoms with Crippen molar-refractivity contribution in [2.75, 3.05) is 22.3 Å². The second kappa shape index (κ2) is 20.3. The van der Waals surface area contributed by atoms with E-state index >= 15 is 0 Å². The molecule has 4 atom stereocenters. The van der Waals surface area contributed by atoms with Gasteiger partial charge >= 0.3 is 30.5 Å². The summed E-state index contributed by atoms with van der Waals surface area (Å²) >= 11 is 12.7. The maximum Gasteiger partial charge on any atom is 0.508 e. The quantitative estimate of drug-likeness (QED) is 0.0964. The highest BCUT2D eigenvalue weighted by Gasteiger charge is 2.42. The van der Waals surface area contributed by atoms with Crippen LogP contribution in [0.4, 0.5) is 43.2 Å². The number of carbonyl (C=O) groups is 3. The smallest absolute Gasteiger partial charge is 0.431 e. The number of halogens is 8. The number of hydrogen-bond donors (Lipinski definition) is 0. The number of benzene rings is 2. The van der Waals surface area contributed by atoms with Gasteiger partial charge in [-0.15, -0.1) is 10.2 Å². The molecule has 2 aliphatic rings. The molecule has 0 saturated heterocycles. The molecular formula is C41H44Cl2F6N6O9S2. The minimum Gasteiger partial charge on any atom is -0.431 e. The van der Waals surface area contributed by atoms with Gasteiger partial charge in [-0.3, -0.25) is 27.8 Å². The Bertz CT molecular complexity index is 2340. The lowest BCUT2D eigenvalue weighted by atomic mass is 9.82. The van der Waals surface area contributed by atoms with Crippen LogP contribution in [0.5, 0.6) is 0 Å². The lowest BCUT2D eigenvalue weighted by Gasteiger charge is -2.37. The van der Waals surface area contributed by atoms with Crippen molar-refractivity contribution in [2.24, 2.45) is 11.8 Å². The van der Waals surface area contributed by atoms with E-state index in [1.165, 1.54) is 13.8 Å². The van der Waals surface area contributed by atoms with Gasteiger partial charge in [0.25, 0.3) is 11.8 Å². The zero-order chi connectivity index (χ0) is 48.6. The first-order chi connectivity index (χ1) is 30.9. The SMILES string of the molecule is Cc1nnc(N(C(=O)c2ccc(C(F)(F)F)c(S(C)=O)c2Cl)C(C)C2CCC(OC(=O)OC3CCC(C(C)N(C(=O)c4ccc(C(F)(F)F)c(S(C)=O)c4Cl)c4nnc(C)o4)CC3)CC2)o1. The highest BCUT2D eigenvalue weighted by atomic mass is 35.5. The van der Waals surface area contributed by atoms with Gasteiger partial charge in [0, 0.05) is 38.4 Å². The molecule has 360 valence electrons. The predicted molar refractivity (Wildman–Crippen MR) is 227 cm³/mol. The number of aryl methyl sites for hydroxylation is 2. The molecule has 4 aromatic rings. The molecule has 0 bridgehead atoms. The van der Waals surface area contributed by atoms with Crippen molar-refractivity contribution in [3.05, 3.63) is 68.3 Å². The Labute approximate surface area is 389 Å².